The molecule has 0 bridgehead atoms. The van der Waals surface area contributed by atoms with Crippen molar-refractivity contribution in [2.24, 2.45) is 0 Å². The van der Waals surface area contributed by atoms with E-state index in [1.165, 1.54) is 82.3 Å². The Bertz CT molecular complexity index is 2130. The van der Waals surface area contributed by atoms with E-state index >= 15 is 0 Å². The van der Waals surface area contributed by atoms with Crippen LogP contribution in [-0.2, 0) is 16.2 Å². The highest BCUT2D eigenvalue weighted by molar-refractivity contribution is 7.10. The first-order chi connectivity index (χ1) is 25.8. The standard InChI is InChI=1S/C52H54Si/c1-8-50(9-2)44-23-17-14-20-38(44)41-29-26-35(32-47(41)50)53(7,36-27-30-42-39-21-15-18-24-45(39)51(10-3,11-4)48(42)33-36)37-28-31-43-40-22-16-19-25-46(40)52(12-5,13-6)49(43)34-37/h14-34H,8-13H2,1-7H3. The molecule has 53 heavy (non-hydrogen) atoms. The van der Waals surface area contributed by atoms with Gasteiger partial charge in [0, 0.05) is 16.2 Å². The summed E-state index contributed by atoms with van der Waals surface area (Å²) in [5.41, 5.74) is 17.8. The Balaban J connectivity index is 1.32. The summed E-state index contributed by atoms with van der Waals surface area (Å²) >= 11 is 0. The quantitative estimate of drug-likeness (QED) is 0.104. The third kappa shape index (κ3) is 4.29. The van der Waals surface area contributed by atoms with Crippen LogP contribution in [-0.4, -0.2) is 8.07 Å². The topological polar surface area (TPSA) is 0 Å². The van der Waals surface area contributed by atoms with Crippen LogP contribution in [0.3, 0.4) is 0 Å². The highest BCUT2D eigenvalue weighted by atomic mass is 28.3. The predicted octanol–water partition coefficient (Wildman–Crippen LogP) is 12.0. The number of fused-ring (bicyclic) bond motifs is 9. The van der Waals surface area contributed by atoms with E-state index in [2.05, 4.69) is 175 Å². The van der Waals surface area contributed by atoms with Gasteiger partial charge >= 0.3 is 0 Å². The third-order valence-electron chi connectivity index (χ3n) is 15.2. The molecule has 0 saturated carbocycles. The molecule has 1 heteroatoms. The van der Waals surface area contributed by atoms with Gasteiger partial charge in [-0.1, -0.05) is 175 Å². The summed E-state index contributed by atoms with van der Waals surface area (Å²) in [5.74, 6) is 0. The van der Waals surface area contributed by atoms with Crippen molar-refractivity contribution in [2.75, 3.05) is 0 Å². The fraction of sp³-hybridized carbons (Fsp3) is 0.308. The Kier molecular flexibility index (Phi) is 7.95. The van der Waals surface area contributed by atoms with Crippen molar-refractivity contribution in [3.8, 4) is 33.4 Å². The molecule has 3 aliphatic rings. The average molecular weight is 707 g/mol. The summed E-state index contributed by atoms with van der Waals surface area (Å²) in [7, 11) is -2.58. The maximum Gasteiger partial charge on any atom is 0.145 e. The zero-order chi connectivity index (χ0) is 36.8. The summed E-state index contributed by atoms with van der Waals surface area (Å²) in [6.07, 6.45) is 6.63. The van der Waals surface area contributed by atoms with Crippen LogP contribution in [0, 0.1) is 0 Å². The van der Waals surface area contributed by atoms with E-state index in [-0.39, 0.29) is 16.2 Å². The lowest BCUT2D eigenvalue weighted by atomic mass is 9.74. The van der Waals surface area contributed by atoms with Gasteiger partial charge in [-0.3, -0.25) is 0 Å². The fourth-order valence-electron chi connectivity index (χ4n) is 11.8. The minimum Gasteiger partial charge on any atom is -0.0642 e. The van der Waals surface area contributed by atoms with Crippen LogP contribution in [0.15, 0.2) is 127 Å². The minimum atomic E-state index is -2.58. The number of benzene rings is 6. The van der Waals surface area contributed by atoms with Crippen LogP contribution < -0.4 is 15.6 Å². The molecule has 0 atom stereocenters. The Morgan fingerprint density at radius 2 is 0.566 bits per heavy atom. The van der Waals surface area contributed by atoms with Crippen molar-refractivity contribution in [1.29, 1.82) is 0 Å². The lowest BCUT2D eigenvalue weighted by Crippen LogP contribution is -2.65. The van der Waals surface area contributed by atoms with Gasteiger partial charge in [0.25, 0.3) is 0 Å². The first-order valence-corrected chi connectivity index (χ1v) is 23.1. The Labute approximate surface area is 319 Å². The van der Waals surface area contributed by atoms with E-state index in [1.807, 2.05) is 0 Å². The Morgan fingerprint density at radius 1 is 0.321 bits per heavy atom. The second-order valence-electron chi connectivity index (χ2n) is 16.4. The van der Waals surface area contributed by atoms with Gasteiger partial charge in [0.1, 0.15) is 8.07 Å². The van der Waals surface area contributed by atoms with E-state index in [0.29, 0.717) is 0 Å². The van der Waals surface area contributed by atoms with E-state index in [9.17, 15) is 0 Å². The van der Waals surface area contributed by atoms with Crippen LogP contribution >= 0.6 is 0 Å². The van der Waals surface area contributed by atoms with Gasteiger partial charge in [0.2, 0.25) is 0 Å². The van der Waals surface area contributed by atoms with Crippen LogP contribution in [0.2, 0.25) is 6.55 Å². The Morgan fingerprint density at radius 3 is 0.830 bits per heavy atom. The Hall–Kier alpha value is -4.46. The van der Waals surface area contributed by atoms with Crippen LogP contribution in [0.5, 0.6) is 0 Å². The second kappa shape index (κ2) is 12.3. The maximum atomic E-state index is 2.69. The zero-order valence-corrected chi connectivity index (χ0v) is 33.9. The van der Waals surface area contributed by atoms with Crippen molar-refractivity contribution in [3.05, 3.63) is 161 Å². The first kappa shape index (κ1) is 34.3. The van der Waals surface area contributed by atoms with Crippen molar-refractivity contribution in [1.82, 2.24) is 0 Å². The summed E-state index contributed by atoms with van der Waals surface area (Å²) in [6.45, 7) is 17.1. The molecule has 266 valence electrons. The molecule has 6 aromatic rings. The van der Waals surface area contributed by atoms with Gasteiger partial charge in [-0.2, -0.15) is 0 Å². The highest BCUT2D eigenvalue weighted by Crippen LogP contribution is 2.55. The molecule has 0 unspecified atom stereocenters. The summed E-state index contributed by atoms with van der Waals surface area (Å²) < 4.78 is 0. The third-order valence-corrected chi connectivity index (χ3v) is 19.6. The lowest BCUT2D eigenvalue weighted by Gasteiger charge is -2.36. The molecule has 0 radical (unpaired) electrons. The summed E-state index contributed by atoms with van der Waals surface area (Å²) in [4.78, 5) is 0. The SMILES string of the molecule is CCC1(CC)c2ccccc2-c2ccc([Si](C)(c3ccc4c(c3)C(CC)(CC)c3ccccc3-4)c3ccc4c(c3)C(CC)(CC)c3ccccc3-4)cc21. The van der Waals surface area contributed by atoms with E-state index in [0.717, 1.165) is 38.5 Å². The molecule has 0 aromatic heterocycles. The van der Waals surface area contributed by atoms with Crippen LogP contribution in [0.25, 0.3) is 33.4 Å². The molecule has 0 spiro atoms. The van der Waals surface area contributed by atoms with E-state index in [1.54, 1.807) is 0 Å². The molecule has 0 saturated heterocycles. The molecule has 0 nitrogen and oxygen atoms in total. The van der Waals surface area contributed by atoms with Gasteiger partial charge < -0.3 is 0 Å². The van der Waals surface area contributed by atoms with Gasteiger partial charge in [-0.15, -0.1) is 0 Å². The van der Waals surface area contributed by atoms with Crippen molar-refractivity contribution < 1.29 is 0 Å². The van der Waals surface area contributed by atoms with Crippen molar-refractivity contribution in [3.63, 3.8) is 0 Å². The normalized spacial score (nSPS) is 16.4. The molecule has 0 aliphatic heterocycles. The van der Waals surface area contributed by atoms with E-state index in [4.69, 9.17) is 0 Å². The van der Waals surface area contributed by atoms with Crippen LogP contribution in [0.1, 0.15) is 113 Å². The molecule has 0 heterocycles. The van der Waals surface area contributed by atoms with Gasteiger partial charge in [-0.05, 0) is 121 Å². The van der Waals surface area contributed by atoms with Gasteiger partial charge in [0.05, 0.1) is 0 Å². The number of hydrogen-bond donors (Lipinski definition) is 0. The van der Waals surface area contributed by atoms with E-state index < -0.39 is 8.07 Å². The largest absolute Gasteiger partial charge is 0.145 e. The van der Waals surface area contributed by atoms with Gasteiger partial charge in [-0.25, -0.2) is 0 Å². The van der Waals surface area contributed by atoms with Gasteiger partial charge in [0.15, 0.2) is 0 Å². The summed E-state index contributed by atoms with van der Waals surface area (Å²) in [6, 6.07) is 50.9. The monoisotopic (exact) mass is 706 g/mol. The molecule has 3 aliphatic carbocycles. The average Bonchev–Trinajstić information content (AvgIpc) is 3.79. The zero-order valence-electron chi connectivity index (χ0n) is 32.9. The maximum absolute atomic E-state index is 2.69. The molecule has 0 fully saturated rings. The molecule has 6 aromatic carbocycles. The predicted molar refractivity (Wildman–Crippen MR) is 230 cm³/mol. The molecule has 9 rings (SSSR count). The molecule has 0 amide bonds. The van der Waals surface area contributed by atoms with Crippen LogP contribution in [0.4, 0.5) is 0 Å². The number of rotatable bonds is 9. The highest BCUT2D eigenvalue weighted by Gasteiger charge is 2.47. The molecular formula is C52H54Si. The number of hydrogen-bond acceptors (Lipinski definition) is 0. The summed E-state index contributed by atoms with van der Waals surface area (Å²) in [5, 5.41) is 4.58. The van der Waals surface area contributed by atoms with Crippen molar-refractivity contribution in [2.45, 2.75) is 103 Å². The second-order valence-corrected chi connectivity index (χ2v) is 20.4. The first-order valence-electron chi connectivity index (χ1n) is 20.6. The molecular weight excluding hydrogens is 653 g/mol. The lowest BCUT2D eigenvalue weighted by molar-refractivity contribution is 0.490. The smallest absolute Gasteiger partial charge is 0.0642 e. The van der Waals surface area contributed by atoms with Crippen molar-refractivity contribution >= 4 is 23.6 Å². The minimum absolute atomic E-state index is 0.0373. The molecule has 0 N–H and O–H groups in total. The fourth-order valence-corrected chi connectivity index (χ4v) is 15.4.